The smallest absolute Gasteiger partial charge is 0.294 e. The van der Waals surface area contributed by atoms with Crippen LogP contribution in [0.2, 0.25) is 20.1 Å². The van der Waals surface area contributed by atoms with Gasteiger partial charge in [-0.2, -0.15) is 33.7 Å². The van der Waals surface area contributed by atoms with Gasteiger partial charge in [-0.1, -0.05) is 304 Å². The second-order valence-electron chi connectivity index (χ2n) is 35.3. The highest BCUT2D eigenvalue weighted by atomic mass is 35.5. The third-order valence-electron chi connectivity index (χ3n) is 24.7. The fraction of sp³-hybridized carbons (Fsp3) is 0.462. The SMILES string of the molecule is CCCCCCOc1c(Cl)c(-c2ccc(S(=O)(=O)O)cc2)c(OCCCCCC)c2c1-c1nc-2nc2[nH]c(nc3nc(nc4[nH]c(n1)c1c(OCCCCCC)c(-c5ccc(S(=O)(=O)O)cc5)c(Cl)c(OCCCCCC)c41)-c1c(OCCCCCC)c(-c4ccc(S(=O)(=O)O)cc4)c(Cl)c(OCCCCCC)c1-3)c1c(OCCCCCC)c(-c3ccc(S(=O)(=O)O)cc3)c(Cl)c(OCCCCCC)c21. The van der Waals surface area contributed by atoms with Crippen LogP contribution in [-0.2, 0) is 40.5 Å². The highest BCUT2D eigenvalue weighted by Gasteiger charge is 2.40. The molecule has 6 N–H and O–H groups in total. The Morgan fingerprint density at radius 3 is 0.600 bits per heavy atom. The molecule has 36 heteroatoms. The fourth-order valence-electron chi connectivity index (χ4n) is 17.4. The molecule has 0 saturated carbocycles. The molecular formula is C104H126Cl4N8O20S4. The van der Waals surface area contributed by atoms with Crippen molar-refractivity contribution in [2.75, 3.05) is 52.9 Å². The minimum Gasteiger partial charge on any atom is -0.492 e. The summed E-state index contributed by atoms with van der Waals surface area (Å²) in [6.07, 6.45) is 23.8. The molecule has 28 nitrogen and oxygen atoms in total. The molecular weight excluding hydrogens is 1950 g/mol. The number of unbranched alkanes of at least 4 members (excludes halogenated alkanes) is 24. The summed E-state index contributed by atoms with van der Waals surface area (Å²) in [5.41, 5.74) is 2.58. The maximum Gasteiger partial charge on any atom is 0.294 e. The molecule has 8 aromatic carbocycles. The first-order chi connectivity index (χ1) is 67.5. The molecule has 0 aliphatic carbocycles. The molecule has 8 bridgehead atoms. The predicted octanol–water partition coefficient (Wildman–Crippen LogP) is 28.8. The van der Waals surface area contributed by atoms with Crippen LogP contribution in [0.3, 0.4) is 0 Å². The Bertz CT molecular complexity index is 6470. The lowest BCUT2D eigenvalue weighted by molar-refractivity contribution is 0.300. The number of ether oxygens (including phenoxy) is 8. The second kappa shape index (κ2) is 50.0. The van der Waals surface area contributed by atoms with E-state index in [4.69, 9.17) is 114 Å². The molecule has 2 aliphatic heterocycles. The summed E-state index contributed by atoms with van der Waals surface area (Å²) in [7, 11) is -19.1. The van der Waals surface area contributed by atoms with E-state index in [0.29, 0.717) is 73.6 Å². The number of H-pyrrole nitrogens is 2. The first-order valence-corrected chi connectivity index (χ1v) is 56.5. The van der Waals surface area contributed by atoms with Crippen molar-refractivity contribution in [1.29, 1.82) is 0 Å². The van der Waals surface area contributed by atoms with E-state index < -0.39 is 60.1 Å². The number of hydrogen-bond acceptors (Lipinski definition) is 22. The lowest BCUT2D eigenvalue weighted by Gasteiger charge is -2.21. The minimum atomic E-state index is -4.78. The monoisotopic (exact) mass is 2070 g/mol. The molecule has 2 aliphatic rings. The normalized spacial score (nSPS) is 12.2. The zero-order chi connectivity index (χ0) is 100. The van der Waals surface area contributed by atoms with Crippen LogP contribution >= 0.6 is 46.4 Å². The van der Waals surface area contributed by atoms with Gasteiger partial charge in [-0.3, -0.25) is 18.2 Å². The largest absolute Gasteiger partial charge is 0.492 e. The fourth-order valence-corrected chi connectivity index (χ4v) is 20.7. The van der Waals surface area contributed by atoms with E-state index in [1.807, 2.05) is 0 Å². The van der Waals surface area contributed by atoms with E-state index in [-0.39, 0.29) is 231 Å². The third-order valence-corrected chi connectivity index (χ3v) is 29.6. The summed E-state index contributed by atoms with van der Waals surface area (Å²) in [4.78, 5) is 40.3. The van der Waals surface area contributed by atoms with Crippen LogP contribution in [0.4, 0.5) is 0 Å². The topological polar surface area (TPSA) is 400 Å². The Labute approximate surface area is 840 Å². The highest BCUT2D eigenvalue weighted by Crippen LogP contribution is 2.61. The van der Waals surface area contributed by atoms with E-state index in [2.05, 4.69) is 65.4 Å². The molecule has 3 aromatic heterocycles. The number of rotatable bonds is 56. The van der Waals surface area contributed by atoms with Crippen LogP contribution in [0, 0.1) is 0 Å². The average molecular weight is 2080 g/mol. The Kier molecular flexibility index (Phi) is 38.4. The summed E-state index contributed by atoms with van der Waals surface area (Å²) >= 11 is 32.9. The number of nitrogens with one attached hydrogen (secondary N) is 2. The lowest BCUT2D eigenvalue weighted by atomic mass is 9.96. The summed E-state index contributed by atoms with van der Waals surface area (Å²) < 4.78 is 205. The Morgan fingerprint density at radius 1 is 0.221 bits per heavy atom. The lowest BCUT2D eigenvalue weighted by Crippen LogP contribution is -2.06. The maximum atomic E-state index is 13.1. The number of benzene rings is 8. The molecule has 140 heavy (non-hydrogen) atoms. The van der Waals surface area contributed by atoms with E-state index in [0.717, 1.165) is 154 Å². The Hall–Kier alpha value is -9.68. The molecule has 0 saturated heterocycles. The van der Waals surface area contributed by atoms with Gasteiger partial charge in [-0.05, 0) is 122 Å². The van der Waals surface area contributed by atoms with Crippen molar-refractivity contribution < 1.29 is 89.8 Å². The molecule has 0 unspecified atom stereocenters. The number of aromatic amines is 2. The summed E-state index contributed by atoms with van der Waals surface area (Å²) in [5, 5.41) is 0.620. The van der Waals surface area contributed by atoms with Gasteiger partial charge in [0.15, 0.2) is 34.8 Å². The number of fused-ring (bicyclic) bond motifs is 20. The Morgan fingerprint density at radius 2 is 0.393 bits per heavy atom. The van der Waals surface area contributed by atoms with Gasteiger partial charge < -0.3 is 47.9 Å². The number of nitrogens with zero attached hydrogens (tertiary/aromatic N) is 6. The first kappa shape index (κ1) is 108. The first-order valence-electron chi connectivity index (χ1n) is 49.2. The summed E-state index contributed by atoms with van der Waals surface area (Å²) in [6, 6.07) is 22.0. The van der Waals surface area contributed by atoms with Crippen molar-refractivity contribution in [1.82, 2.24) is 39.9 Å². The number of hydrogen-bond donors (Lipinski definition) is 6. The quantitative estimate of drug-likeness (QED) is 0.0152. The minimum absolute atomic E-state index is 0.0190. The van der Waals surface area contributed by atoms with Gasteiger partial charge in [-0.25, -0.2) is 29.9 Å². The Balaban J connectivity index is 1.37. The van der Waals surface area contributed by atoms with Gasteiger partial charge in [0.2, 0.25) is 0 Å². The van der Waals surface area contributed by atoms with Crippen molar-refractivity contribution in [3.05, 3.63) is 117 Å². The summed E-state index contributed by atoms with van der Waals surface area (Å²) in [5.74, 6) is 0.0688. The van der Waals surface area contributed by atoms with Crippen LogP contribution in [0.5, 0.6) is 46.0 Å². The van der Waals surface area contributed by atoms with Crippen molar-refractivity contribution in [2.45, 2.75) is 280 Å². The van der Waals surface area contributed by atoms with Gasteiger partial charge in [-0.15, -0.1) is 0 Å². The van der Waals surface area contributed by atoms with Crippen LogP contribution < -0.4 is 37.9 Å². The predicted molar refractivity (Wildman–Crippen MR) is 554 cm³/mol. The van der Waals surface area contributed by atoms with Crippen molar-refractivity contribution in [3.63, 3.8) is 0 Å². The molecule has 0 amide bonds. The van der Waals surface area contributed by atoms with Gasteiger partial charge in [0, 0.05) is 22.3 Å². The zero-order valence-corrected chi connectivity index (χ0v) is 87.0. The van der Waals surface area contributed by atoms with Gasteiger partial charge in [0.1, 0.15) is 57.1 Å². The number of halogens is 4. The molecule has 13 rings (SSSR count). The van der Waals surface area contributed by atoms with Crippen LogP contribution in [0.1, 0.15) is 261 Å². The molecule has 0 atom stereocenters. The second-order valence-corrected chi connectivity index (χ2v) is 42.5. The molecule has 0 spiro atoms. The molecule has 5 heterocycles. The van der Waals surface area contributed by atoms with Crippen molar-refractivity contribution in [3.8, 4) is 136 Å². The molecule has 0 fully saturated rings. The molecule has 11 aromatic rings. The van der Waals surface area contributed by atoms with Crippen molar-refractivity contribution >= 4 is 131 Å². The van der Waals surface area contributed by atoms with Crippen LogP contribution in [-0.4, -0.2) is 145 Å². The molecule has 0 radical (unpaired) electrons. The van der Waals surface area contributed by atoms with Crippen LogP contribution in [0.25, 0.3) is 134 Å². The van der Waals surface area contributed by atoms with E-state index in [1.165, 1.54) is 97.1 Å². The highest BCUT2D eigenvalue weighted by molar-refractivity contribution is 7.86. The average Bonchev–Trinajstić information content (AvgIpc) is 1.55. The summed E-state index contributed by atoms with van der Waals surface area (Å²) in [6.45, 7) is 17.3. The van der Waals surface area contributed by atoms with Gasteiger partial charge >= 0.3 is 0 Å². The standard InChI is InChI=1S/C104H126Cl4N8O20S4/c1-9-17-25-33-57-129-89-73(65-41-49-69(50-42-65)137(117,118)119)85(105)93(133-61-37-29-21-13-5)81-77(89)97-109-101(81)114-98-79-83(95(135-63-39-31-23-15-7)87(107)75(91(79)131-59-35-27-19-11-3)67-45-53-71(54-46-67)139(123,124)125)103(111-98)116-100-80-84(96(136-64-40-32-24-16-8)88(108)76(92(80)132-60-36-28-20-12-4)68-47-55-72(56-48-68)140(126,127)128)104(112-100)115-99-78-82(102(110-99)113-97)94(134-62-38-30-22-14-6)86(106)74(90(78)130-58-34-26-18-10-2)66-43-51-70(52-44-66)138(120,121)122/h41-56H,9-40,57-64H2,1-8H3,(H,117,118,119)(H,120,121,122)(H,123,124,125)(H,126,127,128)(H2,109,110,111,112,113,114,115,116). The van der Waals surface area contributed by atoms with Gasteiger partial charge in [0.05, 0.1) is 136 Å². The van der Waals surface area contributed by atoms with E-state index >= 15 is 0 Å². The van der Waals surface area contributed by atoms with E-state index in [1.54, 1.807) is 0 Å². The molecule has 754 valence electrons. The van der Waals surface area contributed by atoms with E-state index in [9.17, 15) is 51.9 Å². The maximum absolute atomic E-state index is 13.1. The van der Waals surface area contributed by atoms with Gasteiger partial charge in [0.25, 0.3) is 40.5 Å². The van der Waals surface area contributed by atoms with Crippen LogP contribution in [0.15, 0.2) is 117 Å². The van der Waals surface area contributed by atoms with Crippen molar-refractivity contribution in [2.24, 2.45) is 0 Å². The third kappa shape index (κ3) is 25.4. The number of aromatic nitrogens is 8. The zero-order valence-electron chi connectivity index (χ0n) is 80.7.